The highest BCUT2D eigenvalue weighted by atomic mass is 35.5. The average Bonchev–Trinajstić information content (AvgIpc) is 2.59. The molecule has 0 radical (unpaired) electrons. The molecule has 0 aliphatic heterocycles. The average molecular weight is 383 g/mol. The van der Waals surface area contributed by atoms with Crippen molar-refractivity contribution in [2.24, 2.45) is 0 Å². The molecule has 7 nitrogen and oxygen atoms in total. The molecule has 2 aromatic carbocycles. The largest absolute Gasteiger partial charge is 0.352 e. The van der Waals surface area contributed by atoms with Gasteiger partial charge in [-0.2, -0.15) is 0 Å². The van der Waals surface area contributed by atoms with E-state index in [1.807, 2.05) is 0 Å². The number of halogens is 1. The van der Waals surface area contributed by atoms with E-state index in [9.17, 15) is 23.3 Å². The molecule has 0 saturated heterocycles. The number of hydrogen-bond donors (Lipinski definition) is 1. The molecule has 2 aromatic rings. The first-order valence-corrected chi connectivity index (χ1v) is 9.29. The Morgan fingerprint density at radius 2 is 1.68 bits per heavy atom. The second-order valence-electron chi connectivity index (χ2n) is 5.22. The number of amides is 1. The van der Waals surface area contributed by atoms with Crippen molar-refractivity contribution in [2.45, 2.75) is 17.9 Å². The fraction of sp³-hybridized carbons (Fsp3) is 0.188. The van der Waals surface area contributed by atoms with Crippen molar-refractivity contribution in [3.63, 3.8) is 0 Å². The molecule has 25 heavy (non-hydrogen) atoms. The van der Waals surface area contributed by atoms with Gasteiger partial charge >= 0.3 is 0 Å². The molecular weight excluding hydrogens is 368 g/mol. The zero-order valence-corrected chi connectivity index (χ0v) is 14.6. The number of benzene rings is 2. The number of carbonyl (C=O) groups is 1. The molecule has 0 unspecified atom stereocenters. The fourth-order valence-electron chi connectivity index (χ4n) is 2.01. The Balaban J connectivity index is 1.85. The second-order valence-corrected chi connectivity index (χ2v) is 7.77. The van der Waals surface area contributed by atoms with Crippen LogP contribution in [0.3, 0.4) is 0 Å². The van der Waals surface area contributed by atoms with E-state index in [0.29, 0.717) is 10.6 Å². The predicted octanol–water partition coefficient (Wildman–Crippen LogP) is 2.73. The van der Waals surface area contributed by atoms with Crippen LogP contribution in [-0.4, -0.2) is 25.0 Å². The molecule has 0 aliphatic carbocycles. The summed E-state index contributed by atoms with van der Waals surface area (Å²) in [7, 11) is -3.56. The molecule has 132 valence electrons. The third kappa shape index (κ3) is 5.54. The number of nitro groups is 1. The number of non-ortho nitro benzene ring substituents is 1. The summed E-state index contributed by atoms with van der Waals surface area (Å²) in [5.41, 5.74) is 0.642. The van der Waals surface area contributed by atoms with Gasteiger partial charge in [0.2, 0.25) is 5.91 Å². The van der Waals surface area contributed by atoms with Crippen LogP contribution in [-0.2, 0) is 21.2 Å². The maximum absolute atomic E-state index is 12.1. The molecule has 0 aromatic heterocycles. The Bertz CT molecular complexity index is 864. The first-order valence-electron chi connectivity index (χ1n) is 7.26. The minimum atomic E-state index is -3.56. The van der Waals surface area contributed by atoms with Gasteiger partial charge in [-0.05, 0) is 29.8 Å². The summed E-state index contributed by atoms with van der Waals surface area (Å²) >= 11 is 5.72. The molecule has 2 rings (SSSR count). The summed E-state index contributed by atoms with van der Waals surface area (Å²) in [4.78, 5) is 22.0. The number of hydrogen-bond acceptors (Lipinski definition) is 5. The summed E-state index contributed by atoms with van der Waals surface area (Å²) in [5.74, 6) is -0.739. The van der Waals surface area contributed by atoms with Crippen molar-refractivity contribution in [1.29, 1.82) is 0 Å². The van der Waals surface area contributed by atoms with Crippen LogP contribution in [0.15, 0.2) is 53.4 Å². The van der Waals surface area contributed by atoms with Gasteiger partial charge < -0.3 is 5.32 Å². The van der Waals surface area contributed by atoms with E-state index in [4.69, 9.17) is 11.6 Å². The van der Waals surface area contributed by atoms with Crippen molar-refractivity contribution in [2.75, 3.05) is 5.75 Å². The van der Waals surface area contributed by atoms with Crippen LogP contribution in [0.1, 0.15) is 12.0 Å². The lowest BCUT2D eigenvalue weighted by molar-refractivity contribution is -0.384. The van der Waals surface area contributed by atoms with E-state index in [-0.39, 0.29) is 29.3 Å². The molecule has 0 aliphatic rings. The SMILES string of the molecule is O=C(CCS(=O)(=O)c1ccc(Cl)cc1)NCc1ccc([N+](=O)[O-])cc1. The Morgan fingerprint density at radius 1 is 1.08 bits per heavy atom. The Hall–Kier alpha value is -2.45. The number of nitrogens with one attached hydrogen (secondary N) is 1. The zero-order valence-electron chi connectivity index (χ0n) is 13.0. The van der Waals surface area contributed by atoms with Gasteiger partial charge in [0.1, 0.15) is 0 Å². The first-order chi connectivity index (χ1) is 11.8. The van der Waals surface area contributed by atoms with Crippen molar-refractivity contribution in [3.05, 3.63) is 69.2 Å². The maximum Gasteiger partial charge on any atom is 0.269 e. The molecular formula is C16H15ClN2O5S. The van der Waals surface area contributed by atoms with E-state index < -0.39 is 20.7 Å². The van der Waals surface area contributed by atoms with Crippen LogP contribution < -0.4 is 5.32 Å². The number of nitrogens with zero attached hydrogens (tertiary/aromatic N) is 1. The van der Waals surface area contributed by atoms with Crippen LogP contribution >= 0.6 is 11.6 Å². The van der Waals surface area contributed by atoms with Gasteiger partial charge in [-0.1, -0.05) is 23.7 Å². The van der Waals surface area contributed by atoms with Gasteiger partial charge in [-0.15, -0.1) is 0 Å². The molecule has 0 bridgehead atoms. The van der Waals surface area contributed by atoms with Gasteiger partial charge in [-0.3, -0.25) is 14.9 Å². The van der Waals surface area contributed by atoms with Crippen LogP contribution in [0.25, 0.3) is 0 Å². The minimum absolute atomic E-state index is 0.0378. The van der Waals surface area contributed by atoms with Gasteiger partial charge in [0, 0.05) is 30.1 Å². The highest BCUT2D eigenvalue weighted by molar-refractivity contribution is 7.91. The van der Waals surface area contributed by atoms with Gasteiger partial charge in [0.05, 0.1) is 15.6 Å². The van der Waals surface area contributed by atoms with Gasteiger partial charge in [0.25, 0.3) is 5.69 Å². The van der Waals surface area contributed by atoms with Gasteiger partial charge in [-0.25, -0.2) is 8.42 Å². The molecule has 0 spiro atoms. The highest BCUT2D eigenvalue weighted by Gasteiger charge is 2.16. The second kappa shape index (κ2) is 8.09. The van der Waals surface area contributed by atoms with E-state index in [1.165, 1.54) is 48.5 Å². The predicted molar refractivity (Wildman–Crippen MR) is 93.1 cm³/mol. The molecule has 0 fully saturated rings. The van der Waals surface area contributed by atoms with Crippen molar-refractivity contribution >= 4 is 33.0 Å². The van der Waals surface area contributed by atoms with E-state index >= 15 is 0 Å². The third-order valence-corrected chi connectivity index (χ3v) is 5.39. The summed E-state index contributed by atoms with van der Waals surface area (Å²) in [5, 5.41) is 13.6. The lowest BCUT2D eigenvalue weighted by Crippen LogP contribution is -2.25. The Morgan fingerprint density at radius 3 is 2.24 bits per heavy atom. The van der Waals surface area contributed by atoms with E-state index in [1.54, 1.807) is 0 Å². The number of nitro benzene ring substituents is 1. The zero-order chi connectivity index (χ0) is 18.4. The lowest BCUT2D eigenvalue weighted by atomic mass is 10.2. The van der Waals surface area contributed by atoms with Crippen molar-refractivity contribution < 1.29 is 18.1 Å². The number of sulfone groups is 1. The maximum atomic E-state index is 12.1. The fourth-order valence-corrected chi connectivity index (χ4v) is 3.38. The van der Waals surface area contributed by atoms with Gasteiger partial charge in [0.15, 0.2) is 9.84 Å². The standard InChI is InChI=1S/C16H15ClN2O5S/c17-13-3-7-15(8-4-13)25(23,24)10-9-16(20)18-11-12-1-5-14(6-2-12)19(21)22/h1-8H,9-11H2,(H,18,20). The van der Waals surface area contributed by atoms with Crippen LogP contribution in [0, 0.1) is 10.1 Å². The smallest absolute Gasteiger partial charge is 0.269 e. The molecule has 1 N–H and O–H groups in total. The van der Waals surface area contributed by atoms with Crippen molar-refractivity contribution in [3.8, 4) is 0 Å². The van der Waals surface area contributed by atoms with Crippen LogP contribution in [0.4, 0.5) is 5.69 Å². The lowest BCUT2D eigenvalue weighted by Gasteiger charge is -2.07. The van der Waals surface area contributed by atoms with E-state index in [0.717, 1.165) is 0 Å². The molecule has 0 saturated carbocycles. The summed E-state index contributed by atoms with van der Waals surface area (Å²) in [6.45, 7) is 0.165. The first kappa shape index (κ1) is 18.9. The Labute approximate surface area is 149 Å². The monoisotopic (exact) mass is 382 g/mol. The number of carbonyl (C=O) groups excluding carboxylic acids is 1. The molecule has 1 amide bonds. The quantitative estimate of drug-likeness (QED) is 0.585. The van der Waals surface area contributed by atoms with Crippen LogP contribution in [0.2, 0.25) is 5.02 Å². The summed E-state index contributed by atoms with van der Waals surface area (Å²) in [6.07, 6.45) is -0.183. The number of rotatable bonds is 7. The molecule has 0 heterocycles. The van der Waals surface area contributed by atoms with Crippen molar-refractivity contribution in [1.82, 2.24) is 5.32 Å². The molecule has 0 atom stereocenters. The third-order valence-electron chi connectivity index (χ3n) is 3.41. The minimum Gasteiger partial charge on any atom is -0.352 e. The van der Waals surface area contributed by atoms with E-state index in [2.05, 4.69) is 5.32 Å². The molecule has 9 heteroatoms. The normalized spacial score (nSPS) is 11.1. The van der Waals surface area contributed by atoms with Crippen LogP contribution in [0.5, 0.6) is 0 Å². The topological polar surface area (TPSA) is 106 Å². The highest BCUT2D eigenvalue weighted by Crippen LogP contribution is 2.16. The summed E-state index contributed by atoms with van der Waals surface area (Å²) in [6, 6.07) is 11.5. The Kier molecular flexibility index (Phi) is 6.11. The summed E-state index contributed by atoms with van der Waals surface area (Å²) < 4.78 is 24.3.